The molecule has 0 unspecified atom stereocenters. The average molecular weight is 306 g/mol. The summed E-state index contributed by atoms with van der Waals surface area (Å²) < 4.78 is 19.8. The smallest absolute Gasteiger partial charge is 0.303 e. The molecule has 0 aromatic rings. The number of aliphatic hydroxyl groups is 2. The van der Waals surface area contributed by atoms with E-state index in [4.69, 9.17) is 18.9 Å². The first-order valence-corrected chi connectivity index (χ1v) is 6.22. The predicted molar refractivity (Wildman–Crippen MR) is 64.6 cm³/mol. The van der Waals surface area contributed by atoms with Crippen LogP contribution in [0.2, 0.25) is 0 Å². The Morgan fingerprint density at radius 2 is 1.33 bits per heavy atom. The highest BCUT2D eigenvalue weighted by Crippen LogP contribution is 2.27. The number of aliphatic hydroxyl groups excluding tert-OH is 2. The lowest BCUT2D eigenvalue weighted by molar-refractivity contribution is -0.295. The van der Waals surface area contributed by atoms with Crippen molar-refractivity contribution in [3.63, 3.8) is 0 Å². The fourth-order valence-electron chi connectivity index (χ4n) is 2.02. The van der Waals surface area contributed by atoms with E-state index >= 15 is 0 Å². The minimum atomic E-state index is -1.64. The molecular formula is C12H18O9. The van der Waals surface area contributed by atoms with Gasteiger partial charge in [0, 0.05) is 20.8 Å². The van der Waals surface area contributed by atoms with E-state index in [1.165, 1.54) is 0 Å². The monoisotopic (exact) mass is 306 g/mol. The van der Waals surface area contributed by atoms with Gasteiger partial charge in [0.05, 0.1) is 6.61 Å². The van der Waals surface area contributed by atoms with E-state index in [0.717, 1.165) is 20.8 Å². The molecule has 0 aromatic carbocycles. The first-order chi connectivity index (χ1) is 9.76. The van der Waals surface area contributed by atoms with Crippen molar-refractivity contribution >= 4 is 17.9 Å². The zero-order valence-corrected chi connectivity index (χ0v) is 11.8. The predicted octanol–water partition coefficient (Wildman–Crippen LogP) is -1.51. The van der Waals surface area contributed by atoms with Crippen LogP contribution in [0.3, 0.4) is 0 Å². The fourth-order valence-corrected chi connectivity index (χ4v) is 2.02. The summed E-state index contributed by atoms with van der Waals surface area (Å²) >= 11 is 0. The van der Waals surface area contributed by atoms with Crippen molar-refractivity contribution in [2.45, 2.75) is 51.5 Å². The van der Waals surface area contributed by atoms with Crippen LogP contribution in [0, 0.1) is 0 Å². The van der Waals surface area contributed by atoms with Crippen LogP contribution in [0.4, 0.5) is 0 Å². The summed E-state index contributed by atoms with van der Waals surface area (Å²) in [7, 11) is 0. The topological polar surface area (TPSA) is 129 Å². The van der Waals surface area contributed by atoms with E-state index in [-0.39, 0.29) is 0 Å². The van der Waals surface area contributed by atoms with Gasteiger partial charge in [-0.15, -0.1) is 0 Å². The molecule has 9 heteroatoms. The summed E-state index contributed by atoms with van der Waals surface area (Å²) in [6.45, 7) is 2.71. The molecule has 1 heterocycles. The number of hydrogen-bond donors (Lipinski definition) is 2. The molecule has 21 heavy (non-hydrogen) atoms. The van der Waals surface area contributed by atoms with Crippen LogP contribution < -0.4 is 0 Å². The second-order valence-electron chi connectivity index (χ2n) is 4.47. The van der Waals surface area contributed by atoms with E-state index in [9.17, 15) is 24.6 Å². The number of carbonyl (C=O) groups is 3. The van der Waals surface area contributed by atoms with Gasteiger partial charge in [-0.3, -0.25) is 14.4 Å². The van der Waals surface area contributed by atoms with Gasteiger partial charge in [0.15, 0.2) is 24.6 Å². The minimum Gasteiger partial charge on any atom is -0.456 e. The zero-order valence-electron chi connectivity index (χ0n) is 11.8. The molecule has 1 fully saturated rings. The summed E-state index contributed by atoms with van der Waals surface area (Å²) in [6, 6.07) is 0. The third-order valence-electron chi connectivity index (χ3n) is 2.70. The number of esters is 3. The Hall–Kier alpha value is -1.71. The van der Waals surface area contributed by atoms with E-state index in [1.54, 1.807) is 0 Å². The molecule has 0 aromatic heterocycles. The van der Waals surface area contributed by atoms with E-state index in [1.807, 2.05) is 0 Å². The lowest BCUT2D eigenvalue weighted by atomic mass is 9.98. The molecular weight excluding hydrogens is 288 g/mol. The molecule has 1 saturated heterocycles. The zero-order chi connectivity index (χ0) is 16.2. The van der Waals surface area contributed by atoms with Gasteiger partial charge in [0.25, 0.3) is 0 Å². The molecule has 0 amide bonds. The van der Waals surface area contributed by atoms with Gasteiger partial charge >= 0.3 is 17.9 Å². The highest BCUT2D eigenvalue weighted by molar-refractivity contribution is 5.68. The first kappa shape index (κ1) is 17.3. The number of hydrogen-bond acceptors (Lipinski definition) is 9. The van der Waals surface area contributed by atoms with Crippen LogP contribution in [0.5, 0.6) is 0 Å². The van der Waals surface area contributed by atoms with Crippen molar-refractivity contribution in [1.29, 1.82) is 0 Å². The lowest BCUT2D eigenvalue weighted by Gasteiger charge is -2.42. The van der Waals surface area contributed by atoms with Gasteiger partial charge in [0.2, 0.25) is 0 Å². The second-order valence-corrected chi connectivity index (χ2v) is 4.47. The van der Waals surface area contributed by atoms with Gasteiger partial charge < -0.3 is 29.2 Å². The van der Waals surface area contributed by atoms with Crippen LogP contribution in [0.1, 0.15) is 20.8 Å². The summed E-state index contributed by atoms with van der Waals surface area (Å²) in [5.41, 5.74) is 0. The Bertz CT molecular complexity index is 408. The van der Waals surface area contributed by atoms with E-state index in [2.05, 4.69) is 0 Å². The third kappa shape index (κ3) is 4.66. The molecule has 2 N–H and O–H groups in total. The quantitative estimate of drug-likeness (QED) is 0.470. The Labute approximate surface area is 120 Å². The molecule has 0 radical (unpaired) electrons. The first-order valence-electron chi connectivity index (χ1n) is 6.22. The Morgan fingerprint density at radius 1 is 0.905 bits per heavy atom. The number of ether oxygens (including phenoxy) is 4. The molecule has 0 spiro atoms. The van der Waals surface area contributed by atoms with Crippen molar-refractivity contribution in [1.82, 2.24) is 0 Å². The van der Waals surface area contributed by atoms with Gasteiger partial charge in [-0.25, -0.2) is 0 Å². The van der Waals surface area contributed by atoms with Gasteiger partial charge in [-0.1, -0.05) is 0 Å². The molecule has 5 atom stereocenters. The van der Waals surface area contributed by atoms with Crippen molar-refractivity contribution in [2.75, 3.05) is 6.61 Å². The summed E-state index contributed by atoms with van der Waals surface area (Å²) in [6.07, 6.45) is -6.65. The molecule has 120 valence electrons. The highest BCUT2D eigenvalue weighted by atomic mass is 16.7. The van der Waals surface area contributed by atoms with Gasteiger partial charge in [-0.2, -0.15) is 0 Å². The minimum absolute atomic E-state index is 0.598. The largest absolute Gasteiger partial charge is 0.456 e. The Morgan fingerprint density at radius 3 is 1.76 bits per heavy atom. The Kier molecular flexibility index (Phi) is 6.06. The SMILES string of the molecule is CC(=O)O[C@@H]1[C@@H](OC(C)=O)[C@H](CO)O[C@@H](O)[C@H]1OC(C)=O. The van der Waals surface area contributed by atoms with Crippen LogP contribution >= 0.6 is 0 Å². The van der Waals surface area contributed by atoms with Crippen molar-refractivity contribution < 1.29 is 43.5 Å². The van der Waals surface area contributed by atoms with E-state index in [0.29, 0.717) is 0 Å². The van der Waals surface area contributed by atoms with Crippen LogP contribution in [0.25, 0.3) is 0 Å². The maximum Gasteiger partial charge on any atom is 0.303 e. The van der Waals surface area contributed by atoms with Crippen LogP contribution in [-0.2, 0) is 33.3 Å². The van der Waals surface area contributed by atoms with Gasteiger partial charge in [-0.05, 0) is 0 Å². The van der Waals surface area contributed by atoms with Crippen molar-refractivity contribution in [3.05, 3.63) is 0 Å². The molecule has 1 aliphatic heterocycles. The number of rotatable bonds is 4. The molecule has 1 aliphatic rings. The average Bonchev–Trinajstić information content (AvgIpc) is 2.35. The van der Waals surface area contributed by atoms with Crippen molar-refractivity contribution in [2.24, 2.45) is 0 Å². The maximum atomic E-state index is 11.2. The third-order valence-corrected chi connectivity index (χ3v) is 2.70. The van der Waals surface area contributed by atoms with Crippen LogP contribution in [0.15, 0.2) is 0 Å². The van der Waals surface area contributed by atoms with Gasteiger partial charge in [0.1, 0.15) is 6.10 Å². The molecule has 9 nitrogen and oxygen atoms in total. The Balaban J connectivity index is 3.08. The molecule has 0 bridgehead atoms. The van der Waals surface area contributed by atoms with E-state index < -0.39 is 55.2 Å². The molecule has 1 rings (SSSR count). The lowest BCUT2D eigenvalue weighted by Crippen LogP contribution is -2.62. The molecule has 0 aliphatic carbocycles. The molecule has 0 saturated carbocycles. The maximum absolute atomic E-state index is 11.2. The normalized spacial score (nSPS) is 32.1. The highest BCUT2D eigenvalue weighted by Gasteiger charge is 2.51. The summed E-state index contributed by atoms with van der Waals surface area (Å²) in [5, 5.41) is 19.0. The summed E-state index contributed by atoms with van der Waals surface area (Å²) in [4.78, 5) is 33.4. The number of carbonyl (C=O) groups excluding carboxylic acids is 3. The summed E-state index contributed by atoms with van der Waals surface area (Å²) in [5.74, 6) is -2.19. The fraction of sp³-hybridized carbons (Fsp3) is 0.750. The van der Waals surface area contributed by atoms with Crippen molar-refractivity contribution in [3.8, 4) is 0 Å². The van der Waals surface area contributed by atoms with Crippen LogP contribution in [-0.4, -0.2) is 65.4 Å². The standard InChI is InChI=1S/C12H18O9/c1-5(14)18-9-8(4-13)21-12(17)11(20-7(3)16)10(9)19-6(2)15/h8-13,17H,4H2,1-3H3/t8-,9-,10+,11-,12+/m0/s1. The second kappa shape index (κ2) is 7.34.